The van der Waals surface area contributed by atoms with Gasteiger partial charge in [0.15, 0.2) is 11.5 Å². The van der Waals surface area contributed by atoms with Crippen LogP contribution in [-0.4, -0.2) is 12.1 Å². The van der Waals surface area contributed by atoms with Gasteiger partial charge in [0.1, 0.15) is 6.61 Å². The Labute approximate surface area is 170 Å². The highest BCUT2D eigenvalue weighted by molar-refractivity contribution is 6.32. The Morgan fingerprint density at radius 1 is 0.963 bits per heavy atom. The monoisotopic (exact) mass is 403 g/mol. The van der Waals surface area contributed by atoms with Gasteiger partial charge in [-0.05, 0) is 29.3 Å². The molecule has 0 amide bonds. The van der Waals surface area contributed by atoms with Gasteiger partial charge in [0.05, 0.1) is 12.1 Å². The van der Waals surface area contributed by atoms with Crippen LogP contribution in [0.1, 0.15) is 16.7 Å². The van der Waals surface area contributed by atoms with Crippen molar-refractivity contribution in [2.24, 2.45) is 0 Å². The van der Waals surface area contributed by atoms with Crippen molar-refractivity contribution >= 4 is 11.6 Å². The van der Waals surface area contributed by atoms with E-state index in [2.05, 4.69) is 22.4 Å². The average Bonchev–Trinajstić information content (AvgIpc) is 2.68. The van der Waals surface area contributed by atoms with Crippen molar-refractivity contribution in [1.82, 2.24) is 10.3 Å². The van der Waals surface area contributed by atoms with Crippen molar-refractivity contribution in [1.29, 1.82) is 0 Å². The molecule has 142 valence electrons. The van der Waals surface area contributed by atoms with Gasteiger partial charge in [-0.15, -0.1) is 0 Å². The number of hydrogen-bond donors (Lipinski definition) is 1. The van der Waals surface area contributed by atoms with Crippen LogP contribution in [0.2, 0.25) is 5.02 Å². The zero-order valence-corrected chi connectivity index (χ0v) is 16.5. The zero-order chi connectivity index (χ0) is 18.2. The fraction of sp³-hybridized carbons (Fsp3) is 0.190. The van der Waals surface area contributed by atoms with Gasteiger partial charge in [0.25, 0.3) is 0 Å². The van der Waals surface area contributed by atoms with E-state index in [1.54, 1.807) is 19.5 Å². The molecule has 0 saturated carbocycles. The van der Waals surface area contributed by atoms with Crippen LogP contribution in [0.15, 0.2) is 67.0 Å². The second-order valence-corrected chi connectivity index (χ2v) is 6.26. The molecular weight excluding hydrogens is 383 g/mol. The minimum atomic E-state index is 0. The van der Waals surface area contributed by atoms with Crippen LogP contribution in [0.4, 0.5) is 0 Å². The molecule has 0 aliphatic carbocycles. The van der Waals surface area contributed by atoms with E-state index < -0.39 is 0 Å². The third-order valence-corrected chi connectivity index (χ3v) is 4.18. The van der Waals surface area contributed by atoms with Crippen molar-refractivity contribution < 1.29 is 21.9 Å². The maximum absolute atomic E-state index is 6.43. The van der Waals surface area contributed by atoms with Crippen molar-refractivity contribution in [3.8, 4) is 11.5 Å². The van der Waals surface area contributed by atoms with E-state index in [1.165, 1.54) is 5.56 Å². The first-order chi connectivity index (χ1) is 12.8. The van der Waals surface area contributed by atoms with Crippen LogP contribution in [0.5, 0.6) is 11.5 Å². The van der Waals surface area contributed by atoms with Gasteiger partial charge in [-0.3, -0.25) is 4.98 Å². The summed E-state index contributed by atoms with van der Waals surface area (Å²) >= 11 is 6.43. The average molecular weight is 404 g/mol. The second kappa shape index (κ2) is 10.8. The third kappa shape index (κ3) is 6.14. The van der Waals surface area contributed by atoms with Gasteiger partial charge in [0, 0.05) is 31.0 Å². The number of halogens is 2. The van der Waals surface area contributed by atoms with Crippen LogP contribution < -0.4 is 27.2 Å². The lowest BCUT2D eigenvalue weighted by Crippen LogP contribution is -3.00. The molecule has 4 nitrogen and oxygen atoms in total. The van der Waals surface area contributed by atoms with Gasteiger partial charge in [-0.1, -0.05) is 48.0 Å². The summed E-state index contributed by atoms with van der Waals surface area (Å²) in [4.78, 5) is 4.08. The van der Waals surface area contributed by atoms with Crippen molar-refractivity contribution in [3.63, 3.8) is 0 Å². The third-order valence-electron chi connectivity index (χ3n) is 3.90. The van der Waals surface area contributed by atoms with Crippen LogP contribution in [0, 0.1) is 0 Å². The zero-order valence-electron chi connectivity index (χ0n) is 15.0. The van der Waals surface area contributed by atoms with Gasteiger partial charge in [-0.25, -0.2) is 0 Å². The largest absolute Gasteiger partial charge is 1.00 e. The first kappa shape index (κ1) is 21.0. The number of methoxy groups -OCH3 is 1. The smallest absolute Gasteiger partial charge is 0.180 e. The van der Waals surface area contributed by atoms with Crippen LogP contribution in [0.25, 0.3) is 0 Å². The summed E-state index contributed by atoms with van der Waals surface area (Å²) in [6, 6.07) is 17.9. The molecule has 0 saturated heterocycles. The Balaban J connectivity index is 0.00000261. The normalized spacial score (nSPS) is 10.1. The highest BCUT2D eigenvalue weighted by atomic mass is 35.5. The summed E-state index contributed by atoms with van der Waals surface area (Å²) < 4.78 is 11.3. The molecule has 0 aliphatic rings. The van der Waals surface area contributed by atoms with E-state index in [0.29, 0.717) is 29.7 Å². The Morgan fingerprint density at radius 3 is 2.41 bits per heavy atom. The molecule has 0 fully saturated rings. The molecule has 6 heteroatoms. The molecule has 3 rings (SSSR count). The van der Waals surface area contributed by atoms with Crippen molar-refractivity contribution in [2.75, 3.05) is 7.11 Å². The first-order valence-electron chi connectivity index (χ1n) is 8.39. The van der Waals surface area contributed by atoms with E-state index in [4.69, 9.17) is 21.1 Å². The molecule has 1 N–H and O–H groups in total. The quantitative estimate of drug-likeness (QED) is 0.620. The van der Waals surface area contributed by atoms with E-state index in [9.17, 15) is 0 Å². The number of aromatic nitrogens is 1. The summed E-state index contributed by atoms with van der Waals surface area (Å²) in [5.41, 5.74) is 3.25. The number of benzene rings is 2. The number of pyridine rings is 1. The highest BCUT2D eigenvalue weighted by Crippen LogP contribution is 2.37. The van der Waals surface area contributed by atoms with Gasteiger partial charge in [-0.2, -0.15) is 0 Å². The van der Waals surface area contributed by atoms with Crippen LogP contribution in [-0.2, 0) is 19.7 Å². The lowest BCUT2D eigenvalue weighted by molar-refractivity contribution is -0.00000578. The summed E-state index contributed by atoms with van der Waals surface area (Å²) in [6.07, 6.45) is 3.50. The van der Waals surface area contributed by atoms with Crippen LogP contribution in [0.3, 0.4) is 0 Å². The molecule has 1 aromatic heterocycles. The van der Waals surface area contributed by atoms with Crippen molar-refractivity contribution in [3.05, 3.63) is 88.7 Å². The lowest BCUT2D eigenvalue weighted by atomic mass is 10.2. The van der Waals surface area contributed by atoms with Crippen molar-refractivity contribution in [2.45, 2.75) is 19.7 Å². The molecule has 0 bridgehead atoms. The minimum Gasteiger partial charge on any atom is -1.00 e. The number of ether oxygens (including phenoxy) is 2. The first-order valence-corrected chi connectivity index (χ1v) is 8.77. The minimum absolute atomic E-state index is 0. The number of nitrogens with zero attached hydrogens (tertiary/aromatic N) is 1. The summed E-state index contributed by atoms with van der Waals surface area (Å²) in [7, 11) is 1.61. The molecule has 1 heterocycles. The summed E-state index contributed by atoms with van der Waals surface area (Å²) in [5, 5.41) is 3.94. The fourth-order valence-electron chi connectivity index (χ4n) is 2.60. The Kier molecular flexibility index (Phi) is 8.40. The fourth-order valence-corrected chi connectivity index (χ4v) is 2.89. The van der Waals surface area contributed by atoms with E-state index in [-0.39, 0.29) is 12.4 Å². The SMILES string of the molecule is COc1cc(CNCc2ccccc2)cc(Cl)c1OCc1cccnc1.[Cl-]. The second-order valence-electron chi connectivity index (χ2n) is 5.85. The molecule has 0 aliphatic heterocycles. The van der Waals surface area contributed by atoms with E-state index >= 15 is 0 Å². The molecule has 0 atom stereocenters. The van der Waals surface area contributed by atoms with Gasteiger partial charge in [0.2, 0.25) is 0 Å². The standard InChI is InChI=1S/C21H21ClN2O2.ClH/c1-25-20-11-18(14-24-12-16-6-3-2-4-7-16)10-19(22)21(20)26-15-17-8-5-9-23-13-17;/h2-11,13,24H,12,14-15H2,1H3;1H/p-1. The molecule has 0 unspecified atom stereocenters. The predicted molar refractivity (Wildman–Crippen MR) is 104 cm³/mol. The Morgan fingerprint density at radius 2 is 1.70 bits per heavy atom. The number of rotatable bonds is 8. The summed E-state index contributed by atoms with van der Waals surface area (Å²) in [5.74, 6) is 1.17. The topological polar surface area (TPSA) is 43.4 Å². The summed E-state index contributed by atoms with van der Waals surface area (Å²) in [6.45, 7) is 1.86. The Hall–Kier alpha value is -2.27. The molecule has 0 spiro atoms. The van der Waals surface area contributed by atoms with Crippen LogP contribution >= 0.6 is 11.6 Å². The molecule has 27 heavy (non-hydrogen) atoms. The molecule has 3 aromatic rings. The van der Waals surface area contributed by atoms with Gasteiger partial charge < -0.3 is 27.2 Å². The predicted octanol–water partition coefficient (Wildman–Crippen LogP) is 1.62. The molecule has 0 radical (unpaired) electrons. The number of hydrogen-bond acceptors (Lipinski definition) is 4. The number of nitrogens with one attached hydrogen (secondary N) is 1. The highest BCUT2D eigenvalue weighted by Gasteiger charge is 2.12. The Bertz CT molecular complexity index is 830. The van der Waals surface area contributed by atoms with E-state index in [1.807, 2.05) is 42.5 Å². The van der Waals surface area contributed by atoms with E-state index in [0.717, 1.165) is 17.7 Å². The maximum atomic E-state index is 6.43. The molecule has 2 aromatic carbocycles. The maximum Gasteiger partial charge on any atom is 0.180 e. The molecular formula is C21H21Cl2N2O2-. The van der Waals surface area contributed by atoms with Gasteiger partial charge >= 0.3 is 0 Å². The lowest BCUT2D eigenvalue weighted by Gasteiger charge is -2.14.